The van der Waals surface area contributed by atoms with Gasteiger partial charge in [-0.1, -0.05) is 6.92 Å². The highest BCUT2D eigenvalue weighted by Crippen LogP contribution is 2.20. The maximum Gasteiger partial charge on any atom is 0.276 e. The Morgan fingerprint density at radius 2 is 2.24 bits per heavy atom. The predicted molar refractivity (Wildman–Crippen MR) is 79.5 cm³/mol. The molecule has 2 heterocycles. The molecule has 21 heavy (non-hydrogen) atoms. The number of ether oxygens (including phenoxy) is 1. The number of nitrogens with one attached hydrogen (secondary N) is 1. The summed E-state index contributed by atoms with van der Waals surface area (Å²) in [5.41, 5.74) is 0. The first-order valence-corrected chi connectivity index (χ1v) is 8.85. The predicted octanol–water partition coefficient (Wildman–Crippen LogP) is 1.58. The van der Waals surface area contributed by atoms with Gasteiger partial charge in [0, 0.05) is 20.2 Å². The molecule has 1 aromatic heterocycles. The number of rotatable bonds is 8. The molecule has 1 aromatic rings. The topological polar surface area (TPSA) is 71.8 Å². The lowest BCUT2D eigenvalue weighted by molar-refractivity contribution is 0.0975. The van der Waals surface area contributed by atoms with Crippen molar-refractivity contribution in [1.82, 2.24) is 9.62 Å². The minimum absolute atomic E-state index is 0.00343. The van der Waals surface area contributed by atoms with E-state index in [-0.39, 0.29) is 11.2 Å². The second-order valence-electron chi connectivity index (χ2n) is 5.32. The van der Waals surface area contributed by atoms with Gasteiger partial charge in [0.15, 0.2) is 0 Å². The molecule has 1 aliphatic rings. The van der Waals surface area contributed by atoms with Crippen LogP contribution in [0, 0.1) is 0 Å². The smallest absolute Gasteiger partial charge is 0.276 e. The third-order valence-corrected chi connectivity index (χ3v) is 5.21. The zero-order valence-electron chi connectivity index (χ0n) is 12.7. The summed E-state index contributed by atoms with van der Waals surface area (Å²) >= 11 is 0. The molecule has 1 atom stereocenters. The van der Waals surface area contributed by atoms with Crippen LogP contribution in [0.15, 0.2) is 21.6 Å². The van der Waals surface area contributed by atoms with Gasteiger partial charge in [-0.3, -0.25) is 0 Å². The second-order valence-corrected chi connectivity index (χ2v) is 7.29. The molecular weight excluding hydrogens is 292 g/mol. The van der Waals surface area contributed by atoms with Crippen LogP contribution in [-0.2, 0) is 21.3 Å². The van der Waals surface area contributed by atoms with Gasteiger partial charge >= 0.3 is 0 Å². The molecule has 0 bridgehead atoms. The second kappa shape index (κ2) is 7.40. The Hall–Kier alpha value is -0.890. The van der Waals surface area contributed by atoms with E-state index >= 15 is 0 Å². The van der Waals surface area contributed by atoms with Crippen molar-refractivity contribution in [1.29, 1.82) is 0 Å². The average molecular weight is 316 g/mol. The van der Waals surface area contributed by atoms with Crippen LogP contribution in [0.3, 0.4) is 0 Å². The minimum Gasteiger partial charge on any atom is -0.447 e. The Morgan fingerprint density at radius 3 is 2.90 bits per heavy atom. The van der Waals surface area contributed by atoms with Gasteiger partial charge in [0.25, 0.3) is 10.0 Å². The van der Waals surface area contributed by atoms with Crippen molar-refractivity contribution in [2.45, 2.75) is 43.9 Å². The highest BCUT2D eigenvalue weighted by Gasteiger charge is 2.28. The molecular formula is C14H24N2O4S. The lowest BCUT2D eigenvalue weighted by Crippen LogP contribution is -2.33. The van der Waals surface area contributed by atoms with Crippen LogP contribution in [0.5, 0.6) is 0 Å². The third kappa shape index (κ3) is 4.29. The van der Waals surface area contributed by atoms with E-state index in [1.165, 1.54) is 10.4 Å². The number of likely N-dealkylation sites (N-methyl/N-ethyl adjacent to an activating group) is 1. The van der Waals surface area contributed by atoms with Gasteiger partial charge in [-0.05, 0) is 37.9 Å². The van der Waals surface area contributed by atoms with Crippen molar-refractivity contribution in [3.05, 3.63) is 17.9 Å². The number of hydrogen-bond acceptors (Lipinski definition) is 5. The summed E-state index contributed by atoms with van der Waals surface area (Å²) in [5.74, 6) is 0.632. The third-order valence-electron chi connectivity index (χ3n) is 3.51. The minimum atomic E-state index is -3.58. The fourth-order valence-corrected chi connectivity index (χ4v) is 3.43. The van der Waals surface area contributed by atoms with Crippen molar-refractivity contribution in [3.63, 3.8) is 0 Å². The molecule has 2 rings (SSSR count). The summed E-state index contributed by atoms with van der Waals surface area (Å²) in [6.45, 7) is 4.57. The van der Waals surface area contributed by atoms with E-state index in [1.54, 1.807) is 13.1 Å². The zero-order chi connectivity index (χ0) is 15.3. The Balaban J connectivity index is 1.97. The maximum absolute atomic E-state index is 12.4. The quantitative estimate of drug-likeness (QED) is 0.737. The van der Waals surface area contributed by atoms with Crippen LogP contribution in [-0.4, -0.2) is 45.6 Å². The molecule has 120 valence electrons. The molecule has 0 amide bonds. The van der Waals surface area contributed by atoms with E-state index in [1.807, 2.05) is 0 Å². The van der Waals surface area contributed by atoms with Crippen LogP contribution in [0.4, 0.5) is 0 Å². The average Bonchev–Trinajstić information content (AvgIpc) is 3.10. The van der Waals surface area contributed by atoms with Crippen molar-refractivity contribution < 1.29 is 17.6 Å². The van der Waals surface area contributed by atoms with E-state index in [0.717, 1.165) is 25.8 Å². The molecule has 1 aliphatic heterocycles. The summed E-state index contributed by atoms with van der Waals surface area (Å²) < 4.78 is 37.1. The fourth-order valence-electron chi connectivity index (χ4n) is 2.31. The zero-order valence-corrected chi connectivity index (χ0v) is 13.5. The molecule has 1 fully saturated rings. The van der Waals surface area contributed by atoms with E-state index in [0.29, 0.717) is 25.5 Å². The SMILES string of the molecule is CCCNCc1ccc(S(=O)(=O)N(C)CC2CCCO2)o1. The highest BCUT2D eigenvalue weighted by atomic mass is 32.2. The van der Waals surface area contributed by atoms with Crippen LogP contribution < -0.4 is 5.32 Å². The number of nitrogens with zero attached hydrogens (tertiary/aromatic N) is 1. The van der Waals surface area contributed by atoms with E-state index in [4.69, 9.17) is 9.15 Å². The summed E-state index contributed by atoms with van der Waals surface area (Å²) in [6.07, 6.45) is 2.91. The monoisotopic (exact) mass is 316 g/mol. The fraction of sp³-hybridized carbons (Fsp3) is 0.714. The molecule has 6 nitrogen and oxygen atoms in total. The molecule has 1 N–H and O–H groups in total. The summed E-state index contributed by atoms with van der Waals surface area (Å²) in [7, 11) is -2.01. The number of hydrogen-bond donors (Lipinski definition) is 1. The van der Waals surface area contributed by atoms with Crippen LogP contribution in [0.2, 0.25) is 0 Å². The standard InChI is InChI=1S/C14H24N2O4S/c1-3-8-15-10-12-6-7-14(20-12)21(17,18)16(2)11-13-5-4-9-19-13/h6-7,13,15H,3-5,8-11H2,1-2H3. The number of furan rings is 1. The van der Waals surface area contributed by atoms with Crippen molar-refractivity contribution >= 4 is 10.0 Å². The molecule has 0 aromatic carbocycles. The lowest BCUT2D eigenvalue weighted by atomic mass is 10.2. The van der Waals surface area contributed by atoms with Gasteiger partial charge in [-0.25, -0.2) is 8.42 Å². The van der Waals surface area contributed by atoms with Crippen molar-refractivity contribution in [2.75, 3.05) is 26.7 Å². The molecule has 0 radical (unpaired) electrons. The first kappa shape index (κ1) is 16.5. The van der Waals surface area contributed by atoms with Gasteiger partial charge in [-0.2, -0.15) is 4.31 Å². The van der Waals surface area contributed by atoms with Crippen LogP contribution in [0.25, 0.3) is 0 Å². The molecule has 0 spiro atoms. The molecule has 1 saturated heterocycles. The molecule has 1 unspecified atom stereocenters. The Labute approximate surface area is 126 Å². The molecule has 0 aliphatic carbocycles. The first-order chi connectivity index (χ1) is 10.0. The molecule has 0 saturated carbocycles. The Morgan fingerprint density at radius 1 is 1.43 bits per heavy atom. The van der Waals surface area contributed by atoms with Gasteiger partial charge in [0.1, 0.15) is 5.76 Å². The van der Waals surface area contributed by atoms with Crippen LogP contribution in [0.1, 0.15) is 31.9 Å². The number of sulfonamides is 1. The Kier molecular flexibility index (Phi) is 5.80. The summed E-state index contributed by atoms with van der Waals surface area (Å²) in [6, 6.07) is 3.22. The highest BCUT2D eigenvalue weighted by molar-refractivity contribution is 7.89. The van der Waals surface area contributed by atoms with E-state index < -0.39 is 10.0 Å². The van der Waals surface area contributed by atoms with Crippen LogP contribution >= 0.6 is 0 Å². The van der Waals surface area contributed by atoms with Crippen molar-refractivity contribution in [3.8, 4) is 0 Å². The van der Waals surface area contributed by atoms with Gasteiger partial charge in [0.2, 0.25) is 5.09 Å². The van der Waals surface area contributed by atoms with E-state index in [9.17, 15) is 8.42 Å². The largest absolute Gasteiger partial charge is 0.447 e. The Bertz CT molecular complexity index is 535. The van der Waals surface area contributed by atoms with Crippen molar-refractivity contribution in [2.24, 2.45) is 0 Å². The summed E-state index contributed by atoms with van der Waals surface area (Å²) in [5, 5.41) is 3.18. The van der Waals surface area contributed by atoms with Gasteiger partial charge in [0.05, 0.1) is 12.6 Å². The van der Waals surface area contributed by atoms with E-state index in [2.05, 4.69) is 12.2 Å². The maximum atomic E-state index is 12.4. The van der Waals surface area contributed by atoms with Gasteiger partial charge in [-0.15, -0.1) is 0 Å². The summed E-state index contributed by atoms with van der Waals surface area (Å²) in [4.78, 5) is 0. The normalized spacial score (nSPS) is 19.5. The lowest BCUT2D eigenvalue weighted by Gasteiger charge is -2.19. The van der Waals surface area contributed by atoms with Gasteiger partial charge < -0.3 is 14.5 Å². The first-order valence-electron chi connectivity index (χ1n) is 7.41. The molecule has 7 heteroatoms.